The van der Waals surface area contributed by atoms with Gasteiger partial charge in [-0.25, -0.2) is 4.98 Å². The van der Waals surface area contributed by atoms with Crippen molar-refractivity contribution in [3.63, 3.8) is 0 Å². The van der Waals surface area contributed by atoms with Crippen molar-refractivity contribution in [2.45, 2.75) is 29.7 Å². The van der Waals surface area contributed by atoms with E-state index in [2.05, 4.69) is 53.6 Å². The van der Waals surface area contributed by atoms with Gasteiger partial charge < -0.3 is 5.32 Å². The highest BCUT2D eigenvalue weighted by Gasteiger charge is 2.21. The first-order valence-corrected chi connectivity index (χ1v) is 7.53. The molecule has 1 aromatic heterocycles. The molecule has 0 aliphatic carbocycles. The van der Waals surface area contributed by atoms with Crippen LogP contribution in [0.5, 0.6) is 0 Å². The van der Waals surface area contributed by atoms with Crippen molar-refractivity contribution in [2.75, 3.05) is 7.05 Å². The van der Waals surface area contributed by atoms with E-state index >= 15 is 0 Å². The van der Waals surface area contributed by atoms with Crippen molar-refractivity contribution in [3.8, 4) is 0 Å². The summed E-state index contributed by atoms with van der Waals surface area (Å²) in [5.41, 5.74) is 1.33. The van der Waals surface area contributed by atoms with Crippen molar-refractivity contribution >= 4 is 11.8 Å². The van der Waals surface area contributed by atoms with E-state index in [1.165, 1.54) is 5.56 Å². The van der Waals surface area contributed by atoms with Gasteiger partial charge >= 0.3 is 0 Å². The highest BCUT2D eigenvalue weighted by atomic mass is 32.2. The Kier molecular flexibility index (Phi) is 5.43. The van der Waals surface area contributed by atoms with E-state index in [1.54, 1.807) is 0 Å². The van der Waals surface area contributed by atoms with E-state index in [4.69, 9.17) is 0 Å². The maximum absolute atomic E-state index is 4.41. The SMILES string of the molecule is CCC(Sc1ccccn1)C(NC)c1ccccc1. The number of pyridine rings is 1. The average Bonchev–Trinajstić information content (AvgIpc) is 2.49. The van der Waals surface area contributed by atoms with Crippen LogP contribution < -0.4 is 5.32 Å². The van der Waals surface area contributed by atoms with E-state index < -0.39 is 0 Å². The van der Waals surface area contributed by atoms with E-state index in [0.717, 1.165) is 11.4 Å². The zero-order chi connectivity index (χ0) is 13.5. The van der Waals surface area contributed by atoms with Crippen LogP contribution in [0.2, 0.25) is 0 Å². The van der Waals surface area contributed by atoms with E-state index in [-0.39, 0.29) is 0 Å². The molecule has 2 aromatic rings. The summed E-state index contributed by atoms with van der Waals surface area (Å²) in [6, 6.07) is 17.0. The molecule has 0 radical (unpaired) electrons. The molecule has 1 N–H and O–H groups in total. The molecule has 100 valence electrons. The minimum atomic E-state index is 0.346. The summed E-state index contributed by atoms with van der Waals surface area (Å²) < 4.78 is 0. The van der Waals surface area contributed by atoms with Gasteiger partial charge in [0.2, 0.25) is 0 Å². The highest BCUT2D eigenvalue weighted by molar-refractivity contribution is 7.99. The third-order valence-corrected chi connectivity index (χ3v) is 4.54. The van der Waals surface area contributed by atoms with Crippen LogP contribution in [0.3, 0.4) is 0 Å². The molecule has 3 heteroatoms. The molecule has 2 unspecified atom stereocenters. The number of nitrogens with zero attached hydrogens (tertiary/aromatic N) is 1. The number of thioether (sulfide) groups is 1. The molecule has 0 aliphatic rings. The van der Waals surface area contributed by atoms with Gasteiger partial charge in [0.15, 0.2) is 0 Å². The van der Waals surface area contributed by atoms with E-state index in [9.17, 15) is 0 Å². The quantitative estimate of drug-likeness (QED) is 0.807. The molecule has 19 heavy (non-hydrogen) atoms. The van der Waals surface area contributed by atoms with Gasteiger partial charge in [0.1, 0.15) is 0 Å². The Morgan fingerprint density at radius 3 is 2.42 bits per heavy atom. The van der Waals surface area contributed by atoms with Crippen LogP contribution in [0.4, 0.5) is 0 Å². The first-order valence-electron chi connectivity index (χ1n) is 6.65. The second kappa shape index (κ2) is 7.31. The predicted molar refractivity (Wildman–Crippen MR) is 82.4 cm³/mol. The van der Waals surface area contributed by atoms with Crippen molar-refractivity contribution in [2.24, 2.45) is 0 Å². The van der Waals surface area contributed by atoms with Crippen molar-refractivity contribution in [1.29, 1.82) is 0 Å². The Bertz CT molecular complexity index is 473. The zero-order valence-corrected chi connectivity index (χ0v) is 12.2. The number of rotatable bonds is 6. The van der Waals surface area contributed by atoms with Crippen LogP contribution in [-0.2, 0) is 0 Å². The fourth-order valence-electron chi connectivity index (χ4n) is 2.19. The van der Waals surface area contributed by atoms with Crippen molar-refractivity contribution in [1.82, 2.24) is 10.3 Å². The fourth-order valence-corrected chi connectivity index (χ4v) is 3.37. The second-order valence-corrected chi connectivity index (χ2v) is 5.67. The normalized spacial score (nSPS) is 14.0. The molecule has 2 atom stereocenters. The maximum Gasteiger partial charge on any atom is 0.0963 e. The highest BCUT2D eigenvalue weighted by Crippen LogP contribution is 2.32. The van der Waals surface area contributed by atoms with Gasteiger partial charge in [-0.3, -0.25) is 0 Å². The molecule has 2 nitrogen and oxygen atoms in total. The van der Waals surface area contributed by atoms with E-state index in [0.29, 0.717) is 11.3 Å². The van der Waals surface area contributed by atoms with Gasteiger partial charge in [0, 0.05) is 17.5 Å². The van der Waals surface area contributed by atoms with Crippen LogP contribution in [0.25, 0.3) is 0 Å². The van der Waals surface area contributed by atoms with Crippen LogP contribution in [0.1, 0.15) is 24.9 Å². The minimum absolute atomic E-state index is 0.346. The molecule has 0 amide bonds. The lowest BCUT2D eigenvalue weighted by atomic mass is 10.0. The summed E-state index contributed by atoms with van der Waals surface area (Å²) >= 11 is 1.84. The predicted octanol–water partition coefficient (Wildman–Crippen LogP) is 3.91. The Balaban J connectivity index is 2.15. The number of nitrogens with one attached hydrogen (secondary N) is 1. The number of benzene rings is 1. The summed E-state index contributed by atoms with van der Waals surface area (Å²) in [7, 11) is 2.03. The zero-order valence-electron chi connectivity index (χ0n) is 11.4. The van der Waals surface area contributed by atoms with Gasteiger partial charge in [0.05, 0.1) is 5.03 Å². The molecule has 1 heterocycles. The summed E-state index contributed by atoms with van der Waals surface area (Å²) in [5.74, 6) is 0. The summed E-state index contributed by atoms with van der Waals surface area (Å²) in [4.78, 5) is 4.41. The van der Waals surface area contributed by atoms with Crippen LogP contribution in [0.15, 0.2) is 59.8 Å². The van der Waals surface area contributed by atoms with Gasteiger partial charge in [-0.2, -0.15) is 0 Å². The third-order valence-electron chi connectivity index (χ3n) is 3.15. The van der Waals surface area contributed by atoms with Gasteiger partial charge in [0.25, 0.3) is 0 Å². The molecular formula is C16H20N2S. The van der Waals surface area contributed by atoms with Gasteiger partial charge in [-0.15, -0.1) is 11.8 Å². The largest absolute Gasteiger partial charge is 0.312 e. The third kappa shape index (κ3) is 3.82. The smallest absolute Gasteiger partial charge is 0.0963 e. The molecule has 0 aliphatic heterocycles. The Hall–Kier alpha value is -1.32. The first kappa shape index (κ1) is 14.1. The van der Waals surface area contributed by atoms with E-state index in [1.807, 2.05) is 37.1 Å². The van der Waals surface area contributed by atoms with Crippen LogP contribution >= 0.6 is 11.8 Å². The lowest BCUT2D eigenvalue weighted by Gasteiger charge is -2.25. The minimum Gasteiger partial charge on any atom is -0.312 e. The Morgan fingerprint density at radius 2 is 1.84 bits per heavy atom. The van der Waals surface area contributed by atoms with Gasteiger partial charge in [-0.05, 0) is 31.2 Å². The number of hydrogen-bond donors (Lipinski definition) is 1. The van der Waals surface area contributed by atoms with Crippen molar-refractivity contribution in [3.05, 3.63) is 60.3 Å². The molecule has 0 bridgehead atoms. The molecule has 2 rings (SSSR count). The molecule has 0 fully saturated rings. The maximum atomic E-state index is 4.41. The Morgan fingerprint density at radius 1 is 1.11 bits per heavy atom. The van der Waals surface area contributed by atoms with Crippen molar-refractivity contribution < 1.29 is 0 Å². The summed E-state index contributed by atoms with van der Waals surface area (Å²) in [5, 5.41) is 5.00. The molecule has 0 saturated carbocycles. The lowest BCUT2D eigenvalue weighted by Crippen LogP contribution is -2.27. The first-order chi connectivity index (χ1) is 9.35. The molecule has 0 saturated heterocycles. The monoisotopic (exact) mass is 272 g/mol. The molecular weight excluding hydrogens is 252 g/mol. The second-order valence-electron chi connectivity index (χ2n) is 4.41. The van der Waals surface area contributed by atoms with Crippen LogP contribution in [-0.4, -0.2) is 17.3 Å². The summed E-state index contributed by atoms with van der Waals surface area (Å²) in [6.45, 7) is 2.23. The molecule has 1 aromatic carbocycles. The Labute approximate surface area is 119 Å². The summed E-state index contributed by atoms with van der Waals surface area (Å²) in [6.07, 6.45) is 2.95. The molecule has 0 spiro atoms. The topological polar surface area (TPSA) is 24.9 Å². The fraction of sp³-hybridized carbons (Fsp3) is 0.312. The van der Waals surface area contributed by atoms with Gasteiger partial charge in [-0.1, -0.05) is 43.3 Å². The standard InChI is InChI=1S/C16H20N2S/c1-3-14(19-15-11-7-8-12-18-15)16(17-2)13-9-5-4-6-10-13/h4-12,14,16-17H,3H2,1-2H3. The number of hydrogen-bond acceptors (Lipinski definition) is 3. The number of aromatic nitrogens is 1. The van der Waals surface area contributed by atoms with Crippen LogP contribution in [0, 0.1) is 0 Å². The average molecular weight is 272 g/mol. The lowest BCUT2D eigenvalue weighted by molar-refractivity contribution is 0.555.